The lowest BCUT2D eigenvalue weighted by Gasteiger charge is -2.14. The van der Waals surface area contributed by atoms with E-state index in [2.05, 4.69) is 10.4 Å². The number of aryl methyl sites for hydroxylation is 2. The molecule has 0 aliphatic rings. The summed E-state index contributed by atoms with van der Waals surface area (Å²) < 4.78 is 1.80. The zero-order valence-electron chi connectivity index (χ0n) is 12.9. The van der Waals surface area contributed by atoms with Gasteiger partial charge < -0.3 is 5.32 Å². The number of carbonyl (C=O) groups excluding carboxylic acids is 1. The monoisotopic (exact) mass is 367 g/mol. The highest BCUT2D eigenvalue weighted by molar-refractivity contribution is 7.20. The van der Waals surface area contributed by atoms with Gasteiger partial charge in [-0.05, 0) is 37.6 Å². The van der Waals surface area contributed by atoms with E-state index < -0.39 is 0 Å². The molecule has 1 amide bonds. The van der Waals surface area contributed by atoms with Crippen LogP contribution in [0.4, 0.5) is 0 Å². The van der Waals surface area contributed by atoms with E-state index in [4.69, 9.17) is 23.2 Å². The summed E-state index contributed by atoms with van der Waals surface area (Å²) >= 11 is 13.4. The Hall–Kier alpha value is -1.56. The highest BCUT2D eigenvalue weighted by Crippen LogP contribution is 2.29. The van der Waals surface area contributed by atoms with Gasteiger partial charge in [0.2, 0.25) is 0 Å². The number of nitrogens with one attached hydrogen (secondary N) is 1. The number of carbonyl (C=O) groups is 1. The van der Waals surface area contributed by atoms with Gasteiger partial charge in [-0.2, -0.15) is 5.10 Å². The molecule has 2 heterocycles. The Kier molecular flexibility index (Phi) is 4.36. The van der Waals surface area contributed by atoms with Crippen LogP contribution >= 0.6 is 34.5 Å². The molecule has 0 fully saturated rings. The molecule has 0 radical (unpaired) electrons. The zero-order valence-corrected chi connectivity index (χ0v) is 15.2. The van der Waals surface area contributed by atoms with Crippen LogP contribution in [0.25, 0.3) is 10.2 Å². The number of benzene rings is 1. The molecular formula is C16H15Cl2N3OS. The number of amides is 1. The Morgan fingerprint density at radius 2 is 2.04 bits per heavy atom. The van der Waals surface area contributed by atoms with Crippen molar-refractivity contribution in [1.82, 2.24) is 15.1 Å². The van der Waals surface area contributed by atoms with E-state index in [0.29, 0.717) is 14.9 Å². The molecule has 0 saturated heterocycles. The summed E-state index contributed by atoms with van der Waals surface area (Å²) in [6, 6.07) is 7.09. The number of aromatic nitrogens is 2. The van der Waals surface area contributed by atoms with Crippen LogP contribution in [0.5, 0.6) is 0 Å². The molecule has 4 nitrogen and oxygen atoms in total. The molecule has 1 atom stereocenters. The molecule has 0 aliphatic heterocycles. The second-order valence-corrected chi connectivity index (χ2v) is 7.25. The molecule has 1 aromatic carbocycles. The van der Waals surface area contributed by atoms with Gasteiger partial charge in [-0.1, -0.05) is 29.3 Å². The first-order valence-electron chi connectivity index (χ1n) is 7.05. The SMILES string of the molecule is Cc1nn(C)c2sc(C(=O)N[C@@H](C)c3ccc(Cl)c(Cl)c3)cc12. The van der Waals surface area contributed by atoms with Crippen molar-refractivity contribution in [3.05, 3.63) is 50.4 Å². The number of fused-ring (bicyclic) bond motifs is 1. The standard InChI is InChI=1S/C16H15Cl2N3OS/c1-8(10-4-5-12(17)13(18)6-10)19-15(22)14-7-11-9(2)20-21(3)16(11)23-14/h4-8H,1-3H3,(H,19,22)/t8-/m0/s1. The van der Waals surface area contributed by atoms with Crippen molar-refractivity contribution in [2.24, 2.45) is 7.05 Å². The number of nitrogens with zero attached hydrogens (tertiary/aromatic N) is 2. The van der Waals surface area contributed by atoms with Gasteiger partial charge >= 0.3 is 0 Å². The van der Waals surface area contributed by atoms with E-state index in [0.717, 1.165) is 21.5 Å². The fraction of sp³-hybridized carbons (Fsp3) is 0.250. The van der Waals surface area contributed by atoms with E-state index in [-0.39, 0.29) is 11.9 Å². The smallest absolute Gasteiger partial charge is 0.261 e. The highest BCUT2D eigenvalue weighted by atomic mass is 35.5. The summed E-state index contributed by atoms with van der Waals surface area (Å²) in [6.07, 6.45) is 0. The molecule has 120 valence electrons. The summed E-state index contributed by atoms with van der Waals surface area (Å²) in [6.45, 7) is 3.85. The first-order chi connectivity index (χ1) is 10.9. The molecule has 3 aromatic rings. The normalized spacial score (nSPS) is 12.6. The third-order valence-corrected chi connectivity index (χ3v) is 5.65. The predicted molar refractivity (Wildman–Crippen MR) is 95.7 cm³/mol. The fourth-order valence-corrected chi connectivity index (χ4v) is 3.78. The molecule has 0 aliphatic carbocycles. The molecule has 1 N–H and O–H groups in total. The Labute approximate surface area is 148 Å². The van der Waals surface area contributed by atoms with Gasteiger partial charge in [0.1, 0.15) is 4.83 Å². The molecule has 2 aromatic heterocycles. The van der Waals surface area contributed by atoms with Gasteiger partial charge in [-0.25, -0.2) is 0 Å². The summed E-state index contributed by atoms with van der Waals surface area (Å²) in [7, 11) is 1.88. The molecule has 0 spiro atoms. The maximum Gasteiger partial charge on any atom is 0.261 e. The third-order valence-electron chi connectivity index (χ3n) is 3.71. The van der Waals surface area contributed by atoms with Crippen molar-refractivity contribution in [3.63, 3.8) is 0 Å². The van der Waals surface area contributed by atoms with Gasteiger partial charge in [-0.3, -0.25) is 9.48 Å². The Morgan fingerprint density at radius 3 is 2.70 bits per heavy atom. The topological polar surface area (TPSA) is 46.9 Å². The van der Waals surface area contributed by atoms with E-state index in [1.165, 1.54) is 11.3 Å². The van der Waals surface area contributed by atoms with Crippen LogP contribution in [-0.4, -0.2) is 15.7 Å². The highest BCUT2D eigenvalue weighted by Gasteiger charge is 2.17. The molecular weight excluding hydrogens is 353 g/mol. The predicted octanol–water partition coefficient (Wildman–Crippen LogP) is 4.74. The Balaban J connectivity index is 1.81. The number of halogens is 2. The van der Waals surface area contributed by atoms with E-state index in [9.17, 15) is 4.79 Å². The van der Waals surface area contributed by atoms with Crippen LogP contribution in [0, 0.1) is 6.92 Å². The van der Waals surface area contributed by atoms with Crippen molar-refractivity contribution in [1.29, 1.82) is 0 Å². The Bertz CT molecular complexity index is 866. The van der Waals surface area contributed by atoms with E-state index in [1.54, 1.807) is 16.8 Å². The van der Waals surface area contributed by atoms with Gasteiger partial charge in [0, 0.05) is 12.4 Å². The van der Waals surface area contributed by atoms with Crippen LogP contribution in [0.3, 0.4) is 0 Å². The average Bonchev–Trinajstić information content (AvgIpc) is 3.04. The van der Waals surface area contributed by atoms with Crippen molar-refractivity contribution in [3.8, 4) is 0 Å². The van der Waals surface area contributed by atoms with Crippen LogP contribution in [0.15, 0.2) is 24.3 Å². The van der Waals surface area contributed by atoms with E-state index >= 15 is 0 Å². The molecule has 7 heteroatoms. The fourth-order valence-electron chi connectivity index (χ4n) is 2.45. The van der Waals surface area contributed by atoms with Crippen LogP contribution < -0.4 is 5.32 Å². The lowest BCUT2D eigenvalue weighted by Crippen LogP contribution is -2.25. The summed E-state index contributed by atoms with van der Waals surface area (Å²) in [5.74, 6) is -0.107. The molecule has 0 saturated carbocycles. The van der Waals surface area contributed by atoms with Crippen LogP contribution in [0.1, 0.15) is 33.9 Å². The minimum Gasteiger partial charge on any atom is -0.345 e. The first-order valence-corrected chi connectivity index (χ1v) is 8.63. The number of hydrogen-bond donors (Lipinski definition) is 1. The number of thiophene rings is 1. The summed E-state index contributed by atoms with van der Waals surface area (Å²) in [4.78, 5) is 14.1. The lowest BCUT2D eigenvalue weighted by atomic mass is 10.1. The maximum atomic E-state index is 12.5. The zero-order chi connectivity index (χ0) is 16.7. The second kappa shape index (κ2) is 6.15. The molecule has 0 bridgehead atoms. The third kappa shape index (κ3) is 3.09. The summed E-state index contributed by atoms with van der Waals surface area (Å²) in [5, 5.41) is 9.33. The van der Waals surface area contributed by atoms with Crippen molar-refractivity contribution in [2.45, 2.75) is 19.9 Å². The van der Waals surface area contributed by atoms with Crippen molar-refractivity contribution in [2.75, 3.05) is 0 Å². The van der Waals surface area contributed by atoms with Crippen LogP contribution in [-0.2, 0) is 7.05 Å². The van der Waals surface area contributed by atoms with Gasteiger partial charge in [0.15, 0.2) is 0 Å². The van der Waals surface area contributed by atoms with E-state index in [1.807, 2.05) is 33.0 Å². The Morgan fingerprint density at radius 1 is 1.30 bits per heavy atom. The largest absolute Gasteiger partial charge is 0.345 e. The molecule has 0 unspecified atom stereocenters. The van der Waals surface area contributed by atoms with Gasteiger partial charge in [0.05, 0.1) is 26.7 Å². The van der Waals surface area contributed by atoms with Gasteiger partial charge in [0.25, 0.3) is 5.91 Å². The lowest BCUT2D eigenvalue weighted by molar-refractivity contribution is 0.0944. The second-order valence-electron chi connectivity index (χ2n) is 5.41. The molecule has 3 rings (SSSR count). The average molecular weight is 368 g/mol. The number of hydrogen-bond acceptors (Lipinski definition) is 3. The van der Waals surface area contributed by atoms with Crippen LogP contribution in [0.2, 0.25) is 10.0 Å². The maximum absolute atomic E-state index is 12.5. The summed E-state index contributed by atoms with van der Waals surface area (Å²) in [5.41, 5.74) is 1.84. The van der Waals surface area contributed by atoms with Crippen molar-refractivity contribution < 1.29 is 4.79 Å². The van der Waals surface area contributed by atoms with Crippen molar-refractivity contribution >= 4 is 50.7 Å². The minimum absolute atomic E-state index is 0.107. The first kappa shape index (κ1) is 16.3. The van der Waals surface area contributed by atoms with Gasteiger partial charge in [-0.15, -0.1) is 11.3 Å². The minimum atomic E-state index is -0.165. The number of rotatable bonds is 3. The molecule has 23 heavy (non-hydrogen) atoms. The quantitative estimate of drug-likeness (QED) is 0.726.